The molecule has 1 aliphatic heterocycles. The van der Waals surface area contributed by atoms with Gasteiger partial charge in [0.05, 0.1) is 18.3 Å². The monoisotopic (exact) mass is 283 g/mol. The van der Waals surface area contributed by atoms with E-state index in [1.54, 1.807) is 10.9 Å². The molecule has 0 bridgehead atoms. The van der Waals surface area contributed by atoms with Crippen LogP contribution in [0.2, 0.25) is 0 Å². The first kappa shape index (κ1) is 14.0. The van der Waals surface area contributed by atoms with Gasteiger partial charge in [0.15, 0.2) is 0 Å². The number of nitrogens with one attached hydrogen (secondary N) is 1. The lowest BCUT2D eigenvalue weighted by molar-refractivity contribution is 0.0776. The molecule has 3 rings (SSSR count). The second-order valence-electron chi connectivity index (χ2n) is 5.33. The summed E-state index contributed by atoms with van der Waals surface area (Å²) in [6.45, 7) is 5.35. The molecule has 2 atom stereocenters. The molecule has 1 aromatic carbocycles. The SMILES string of the molecule is C=Cn1cc(CN[C@H](c2ccccc2)[C@H]2CCCO2)cn1. The number of hydrogen-bond acceptors (Lipinski definition) is 3. The van der Waals surface area contributed by atoms with Gasteiger partial charge in [0, 0.05) is 31.1 Å². The van der Waals surface area contributed by atoms with E-state index in [1.165, 1.54) is 5.56 Å². The van der Waals surface area contributed by atoms with Crippen LogP contribution < -0.4 is 5.32 Å². The summed E-state index contributed by atoms with van der Waals surface area (Å²) in [6, 6.07) is 10.7. The van der Waals surface area contributed by atoms with E-state index in [9.17, 15) is 0 Å². The first-order valence-corrected chi connectivity index (χ1v) is 7.42. The maximum Gasteiger partial charge on any atom is 0.0770 e. The Kier molecular flexibility index (Phi) is 4.48. The van der Waals surface area contributed by atoms with Crippen LogP contribution in [0.5, 0.6) is 0 Å². The quantitative estimate of drug-likeness (QED) is 0.886. The van der Waals surface area contributed by atoms with Crippen LogP contribution in [-0.4, -0.2) is 22.5 Å². The minimum Gasteiger partial charge on any atom is -0.376 e. The predicted molar refractivity (Wildman–Crippen MR) is 83.6 cm³/mol. The molecule has 0 amide bonds. The standard InChI is InChI=1S/C17H21N3O/c1-2-20-13-14(12-19-20)11-18-17(16-9-6-10-21-16)15-7-4-3-5-8-15/h2-5,7-8,12-13,16-18H,1,6,9-11H2/t16-,17-/m1/s1. The lowest BCUT2D eigenvalue weighted by Gasteiger charge is -2.24. The van der Waals surface area contributed by atoms with Gasteiger partial charge >= 0.3 is 0 Å². The van der Waals surface area contributed by atoms with Crippen LogP contribution in [0.1, 0.15) is 30.0 Å². The maximum absolute atomic E-state index is 5.88. The van der Waals surface area contributed by atoms with Gasteiger partial charge in [0.1, 0.15) is 0 Å². The molecule has 1 N–H and O–H groups in total. The van der Waals surface area contributed by atoms with Crippen molar-refractivity contribution in [2.45, 2.75) is 31.5 Å². The van der Waals surface area contributed by atoms with Crippen molar-refractivity contribution >= 4 is 6.20 Å². The van der Waals surface area contributed by atoms with Gasteiger partial charge in [-0.1, -0.05) is 36.9 Å². The zero-order valence-corrected chi connectivity index (χ0v) is 12.1. The number of ether oxygens (including phenoxy) is 1. The van der Waals surface area contributed by atoms with Crippen LogP contribution in [0.15, 0.2) is 49.3 Å². The zero-order valence-electron chi connectivity index (χ0n) is 12.1. The van der Waals surface area contributed by atoms with Crippen molar-refractivity contribution in [1.82, 2.24) is 15.1 Å². The van der Waals surface area contributed by atoms with Crippen LogP contribution >= 0.6 is 0 Å². The fourth-order valence-electron chi connectivity index (χ4n) is 2.79. The predicted octanol–water partition coefficient (Wildman–Crippen LogP) is 2.99. The molecule has 1 aliphatic rings. The van der Waals surface area contributed by atoms with Gasteiger partial charge < -0.3 is 10.1 Å². The summed E-state index contributed by atoms with van der Waals surface area (Å²) in [5, 5.41) is 7.83. The average Bonchev–Trinajstić information content (AvgIpc) is 3.20. The average molecular weight is 283 g/mol. The zero-order chi connectivity index (χ0) is 14.5. The van der Waals surface area contributed by atoms with Gasteiger partial charge in [0.25, 0.3) is 0 Å². The molecule has 0 radical (unpaired) electrons. The van der Waals surface area contributed by atoms with Gasteiger partial charge in [-0.25, -0.2) is 4.68 Å². The molecule has 4 nitrogen and oxygen atoms in total. The Hall–Kier alpha value is -1.91. The highest BCUT2D eigenvalue weighted by Gasteiger charge is 2.26. The summed E-state index contributed by atoms with van der Waals surface area (Å²) in [5.41, 5.74) is 2.43. The van der Waals surface area contributed by atoms with Crippen molar-refractivity contribution < 1.29 is 4.74 Å². The summed E-state index contributed by atoms with van der Waals surface area (Å²) >= 11 is 0. The molecule has 1 saturated heterocycles. The topological polar surface area (TPSA) is 39.1 Å². The highest BCUT2D eigenvalue weighted by atomic mass is 16.5. The minimum absolute atomic E-state index is 0.223. The van der Waals surface area contributed by atoms with Crippen LogP contribution in [0, 0.1) is 0 Å². The summed E-state index contributed by atoms with van der Waals surface area (Å²) in [6.07, 6.45) is 8.05. The fourth-order valence-corrected chi connectivity index (χ4v) is 2.79. The Morgan fingerprint density at radius 1 is 1.43 bits per heavy atom. The molecule has 1 aromatic heterocycles. The molecule has 0 spiro atoms. The summed E-state index contributed by atoms with van der Waals surface area (Å²) in [4.78, 5) is 0. The van der Waals surface area contributed by atoms with Crippen LogP contribution in [-0.2, 0) is 11.3 Å². The minimum atomic E-state index is 0.223. The number of hydrogen-bond donors (Lipinski definition) is 1. The van der Waals surface area contributed by atoms with Crippen molar-refractivity contribution in [3.63, 3.8) is 0 Å². The smallest absolute Gasteiger partial charge is 0.0770 e. The fraction of sp³-hybridized carbons (Fsp3) is 0.353. The Balaban J connectivity index is 1.71. The second kappa shape index (κ2) is 6.70. The van der Waals surface area contributed by atoms with Crippen LogP contribution in [0.25, 0.3) is 6.20 Å². The van der Waals surface area contributed by atoms with E-state index in [1.807, 2.05) is 18.5 Å². The normalized spacial score (nSPS) is 19.5. The van der Waals surface area contributed by atoms with E-state index in [4.69, 9.17) is 4.74 Å². The molecule has 21 heavy (non-hydrogen) atoms. The highest BCUT2D eigenvalue weighted by Crippen LogP contribution is 2.27. The number of rotatable bonds is 6. The molecule has 2 heterocycles. The van der Waals surface area contributed by atoms with Gasteiger partial charge in [-0.3, -0.25) is 0 Å². The Labute approximate surface area is 125 Å². The summed E-state index contributed by atoms with van der Waals surface area (Å²) in [5.74, 6) is 0. The molecular formula is C17H21N3O. The molecule has 110 valence electrons. The van der Waals surface area contributed by atoms with Crippen molar-refractivity contribution in [2.24, 2.45) is 0 Å². The number of benzene rings is 1. The van der Waals surface area contributed by atoms with Crippen molar-refractivity contribution in [3.8, 4) is 0 Å². The van der Waals surface area contributed by atoms with E-state index >= 15 is 0 Å². The van der Waals surface area contributed by atoms with E-state index in [2.05, 4.69) is 41.3 Å². The van der Waals surface area contributed by atoms with E-state index in [0.717, 1.165) is 31.6 Å². The molecule has 0 aliphatic carbocycles. The van der Waals surface area contributed by atoms with Crippen molar-refractivity contribution in [2.75, 3.05) is 6.61 Å². The Bertz CT molecular complexity index is 573. The molecular weight excluding hydrogens is 262 g/mol. The van der Waals surface area contributed by atoms with Gasteiger partial charge in [-0.2, -0.15) is 5.10 Å². The van der Waals surface area contributed by atoms with Gasteiger partial charge in [0.2, 0.25) is 0 Å². The molecule has 0 unspecified atom stereocenters. The van der Waals surface area contributed by atoms with E-state index in [0.29, 0.717) is 0 Å². The van der Waals surface area contributed by atoms with Crippen LogP contribution in [0.3, 0.4) is 0 Å². The van der Waals surface area contributed by atoms with E-state index in [-0.39, 0.29) is 12.1 Å². The Morgan fingerprint density at radius 2 is 2.29 bits per heavy atom. The summed E-state index contributed by atoms with van der Waals surface area (Å²) in [7, 11) is 0. The largest absolute Gasteiger partial charge is 0.376 e. The lowest BCUT2D eigenvalue weighted by Crippen LogP contribution is -2.31. The van der Waals surface area contributed by atoms with Crippen molar-refractivity contribution in [1.29, 1.82) is 0 Å². The van der Waals surface area contributed by atoms with Gasteiger partial charge in [-0.15, -0.1) is 0 Å². The molecule has 4 heteroatoms. The molecule has 1 fully saturated rings. The third-order valence-electron chi connectivity index (χ3n) is 3.86. The first-order chi connectivity index (χ1) is 10.4. The molecule has 2 aromatic rings. The van der Waals surface area contributed by atoms with E-state index < -0.39 is 0 Å². The number of nitrogens with zero attached hydrogens (tertiary/aromatic N) is 2. The maximum atomic E-state index is 5.88. The third kappa shape index (κ3) is 3.40. The highest BCUT2D eigenvalue weighted by molar-refractivity contribution is 5.22. The van der Waals surface area contributed by atoms with Crippen molar-refractivity contribution in [3.05, 3.63) is 60.4 Å². The van der Waals surface area contributed by atoms with Crippen LogP contribution in [0.4, 0.5) is 0 Å². The lowest BCUT2D eigenvalue weighted by atomic mass is 9.99. The second-order valence-corrected chi connectivity index (χ2v) is 5.33. The first-order valence-electron chi connectivity index (χ1n) is 7.42. The van der Waals surface area contributed by atoms with Gasteiger partial charge in [-0.05, 0) is 18.4 Å². The summed E-state index contributed by atoms with van der Waals surface area (Å²) < 4.78 is 7.61. The molecule has 0 saturated carbocycles. The third-order valence-corrected chi connectivity index (χ3v) is 3.86. The number of aromatic nitrogens is 2. The Morgan fingerprint density at radius 3 is 2.95 bits per heavy atom.